The molecule has 0 aliphatic carbocycles. The molecule has 1 aromatic carbocycles. The highest BCUT2D eigenvalue weighted by Gasteiger charge is 2.11. The molecule has 0 aliphatic rings. The number of ether oxygens (including phenoxy) is 2. The van der Waals surface area contributed by atoms with Crippen LogP contribution < -0.4 is 20.1 Å². The SMILES string of the molecule is CCCNC(=S)NC(=O)c1cc(OC)cc(OC)c1. The minimum Gasteiger partial charge on any atom is -0.497 e. The highest BCUT2D eigenvalue weighted by Crippen LogP contribution is 2.22. The molecule has 2 N–H and O–H groups in total. The Balaban J connectivity index is 2.78. The smallest absolute Gasteiger partial charge is 0.257 e. The van der Waals surface area contributed by atoms with Crippen LogP contribution in [0.5, 0.6) is 11.5 Å². The average Bonchev–Trinajstić information content (AvgIpc) is 2.44. The molecular formula is C13H18N2O3S. The van der Waals surface area contributed by atoms with Gasteiger partial charge in [0.25, 0.3) is 5.91 Å². The van der Waals surface area contributed by atoms with E-state index in [0.29, 0.717) is 22.2 Å². The summed E-state index contributed by atoms with van der Waals surface area (Å²) >= 11 is 5.01. The Hall–Kier alpha value is -1.82. The van der Waals surface area contributed by atoms with Crippen LogP contribution in [0.1, 0.15) is 23.7 Å². The van der Waals surface area contributed by atoms with Crippen molar-refractivity contribution in [3.05, 3.63) is 23.8 Å². The second-order valence-electron chi connectivity index (χ2n) is 3.81. The molecule has 0 saturated heterocycles. The van der Waals surface area contributed by atoms with Gasteiger partial charge < -0.3 is 14.8 Å². The van der Waals surface area contributed by atoms with Crippen molar-refractivity contribution in [2.24, 2.45) is 0 Å². The lowest BCUT2D eigenvalue weighted by Gasteiger charge is -2.10. The minimum atomic E-state index is -0.300. The number of thiocarbonyl (C=S) groups is 1. The molecular weight excluding hydrogens is 264 g/mol. The van der Waals surface area contributed by atoms with Gasteiger partial charge in [-0.3, -0.25) is 10.1 Å². The molecule has 5 nitrogen and oxygen atoms in total. The van der Waals surface area contributed by atoms with Gasteiger partial charge in [0.05, 0.1) is 14.2 Å². The first-order chi connectivity index (χ1) is 9.10. The summed E-state index contributed by atoms with van der Waals surface area (Å²) in [6, 6.07) is 4.95. The quantitative estimate of drug-likeness (QED) is 0.805. The molecule has 19 heavy (non-hydrogen) atoms. The summed E-state index contributed by atoms with van der Waals surface area (Å²) in [7, 11) is 3.06. The molecule has 0 saturated carbocycles. The van der Waals surface area contributed by atoms with Gasteiger partial charge in [0.2, 0.25) is 0 Å². The van der Waals surface area contributed by atoms with Gasteiger partial charge >= 0.3 is 0 Å². The Morgan fingerprint density at radius 2 is 1.79 bits per heavy atom. The van der Waals surface area contributed by atoms with Crippen molar-refractivity contribution >= 4 is 23.2 Å². The highest BCUT2D eigenvalue weighted by atomic mass is 32.1. The van der Waals surface area contributed by atoms with Crippen molar-refractivity contribution in [3.8, 4) is 11.5 Å². The molecule has 6 heteroatoms. The third-order valence-corrected chi connectivity index (χ3v) is 2.62. The summed E-state index contributed by atoms with van der Waals surface area (Å²) in [5.41, 5.74) is 0.428. The third-order valence-electron chi connectivity index (χ3n) is 2.38. The van der Waals surface area contributed by atoms with Crippen molar-refractivity contribution in [2.45, 2.75) is 13.3 Å². The Bertz CT molecular complexity index is 441. The molecule has 0 heterocycles. The number of hydrogen-bond acceptors (Lipinski definition) is 4. The molecule has 1 rings (SSSR count). The van der Waals surface area contributed by atoms with Gasteiger partial charge in [-0.05, 0) is 30.8 Å². The van der Waals surface area contributed by atoms with E-state index in [9.17, 15) is 4.79 Å². The zero-order valence-electron chi connectivity index (χ0n) is 11.3. The third kappa shape index (κ3) is 4.75. The molecule has 0 bridgehead atoms. The van der Waals surface area contributed by atoms with Crippen LogP contribution in [0.3, 0.4) is 0 Å². The Morgan fingerprint density at radius 1 is 1.21 bits per heavy atom. The molecule has 104 valence electrons. The van der Waals surface area contributed by atoms with Crippen molar-refractivity contribution < 1.29 is 14.3 Å². The van der Waals surface area contributed by atoms with Gasteiger partial charge in [0.15, 0.2) is 5.11 Å². The molecule has 0 spiro atoms. The molecule has 0 radical (unpaired) electrons. The number of carbonyl (C=O) groups is 1. The Kier molecular flexibility index (Phi) is 6.08. The van der Waals surface area contributed by atoms with E-state index in [2.05, 4.69) is 10.6 Å². The van der Waals surface area contributed by atoms with E-state index in [1.54, 1.807) is 18.2 Å². The molecule has 1 aromatic rings. The fraction of sp³-hybridized carbons (Fsp3) is 0.385. The Morgan fingerprint density at radius 3 is 2.26 bits per heavy atom. The number of carbonyl (C=O) groups excluding carboxylic acids is 1. The molecule has 1 amide bonds. The summed E-state index contributed by atoms with van der Waals surface area (Å²) in [6.45, 7) is 2.74. The zero-order chi connectivity index (χ0) is 14.3. The van der Waals surface area contributed by atoms with Crippen LogP contribution in [0.2, 0.25) is 0 Å². The zero-order valence-corrected chi connectivity index (χ0v) is 12.1. The summed E-state index contributed by atoms with van der Waals surface area (Å²) < 4.78 is 10.2. The summed E-state index contributed by atoms with van der Waals surface area (Å²) in [6.07, 6.45) is 0.934. The maximum Gasteiger partial charge on any atom is 0.257 e. The van der Waals surface area contributed by atoms with Crippen LogP contribution in [-0.2, 0) is 0 Å². The average molecular weight is 282 g/mol. The summed E-state index contributed by atoms with van der Waals surface area (Å²) in [5, 5.41) is 5.84. The predicted molar refractivity (Wildman–Crippen MR) is 77.9 cm³/mol. The first kappa shape index (κ1) is 15.2. The van der Waals surface area contributed by atoms with Crippen LogP contribution in [0, 0.1) is 0 Å². The van der Waals surface area contributed by atoms with Crippen molar-refractivity contribution in [1.82, 2.24) is 10.6 Å². The van der Waals surface area contributed by atoms with Gasteiger partial charge in [-0.2, -0.15) is 0 Å². The van der Waals surface area contributed by atoms with E-state index < -0.39 is 0 Å². The number of benzene rings is 1. The lowest BCUT2D eigenvalue weighted by molar-refractivity contribution is 0.0976. The van der Waals surface area contributed by atoms with Crippen molar-refractivity contribution in [1.29, 1.82) is 0 Å². The molecule has 0 fully saturated rings. The van der Waals surface area contributed by atoms with E-state index in [1.807, 2.05) is 6.92 Å². The number of amides is 1. The van der Waals surface area contributed by atoms with Crippen LogP contribution in [0.4, 0.5) is 0 Å². The maximum atomic E-state index is 12.0. The number of methoxy groups -OCH3 is 2. The Labute approximate surface area is 118 Å². The van der Waals surface area contributed by atoms with Crippen LogP contribution >= 0.6 is 12.2 Å². The van der Waals surface area contributed by atoms with Crippen LogP contribution in [0.15, 0.2) is 18.2 Å². The molecule has 0 aromatic heterocycles. The van der Waals surface area contributed by atoms with Gasteiger partial charge in [-0.15, -0.1) is 0 Å². The van der Waals surface area contributed by atoms with Gasteiger partial charge in [-0.25, -0.2) is 0 Å². The lowest BCUT2D eigenvalue weighted by atomic mass is 10.2. The lowest BCUT2D eigenvalue weighted by Crippen LogP contribution is -2.39. The van der Waals surface area contributed by atoms with E-state index in [0.717, 1.165) is 13.0 Å². The van der Waals surface area contributed by atoms with Crippen LogP contribution in [-0.4, -0.2) is 31.8 Å². The summed E-state index contributed by atoms with van der Waals surface area (Å²) in [4.78, 5) is 12.0. The first-order valence-electron chi connectivity index (χ1n) is 5.93. The highest BCUT2D eigenvalue weighted by molar-refractivity contribution is 7.80. The van der Waals surface area contributed by atoms with E-state index in [1.165, 1.54) is 14.2 Å². The largest absolute Gasteiger partial charge is 0.497 e. The number of rotatable bonds is 5. The second kappa shape index (κ2) is 7.58. The van der Waals surface area contributed by atoms with Crippen molar-refractivity contribution in [3.63, 3.8) is 0 Å². The monoisotopic (exact) mass is 282 g/mol. The standard InChI is InChI=1S/C13H18N2O3S/c1-4-5-14-13(19)15-12(16)9-6-10(17-2)8-11(7-9)18-3/h6-8H,4-5H2,1-3H3,(H2,14,15,16,19). The fourth-order valence-electron chi connectivity index (χ4n) is 1.40. The molecule has 0 unspecified atom stereocenters. The first-order valence-corrected chi connectivity index (χ1v) is 6.33. The topological polar surface area (TPSA) is 59.6 Å². The predicted octanol–water partition coefficient (Wildman–Crippen LogP) is 1.72. The molecule has 0 aliphatic heterocycles. The minimum absolute atomic E-state index is 0.300. The number of nitrogens with one attached hydrogen (secondary N) is 2. The van der Waals surface area contributed by atoms with Crippen LogP contribution in [0.25, 0.3) is 0 Å². The van der Waals surface area contributed by atoms with Gasteiger partial charge in [0.1, 0.15) is 11.5 Å². The van der Waals surface area contributed by atoms with Gasteiger partial charge in [0, 0.05) is 18.2 Å². The van der Waals surface area contributed by atoms with Crippen molar-refractivity contribution in [2.75, 3.05) is 20.8 Å². The second-order valence-corrected chi connectivity index (χ2v) is 4.22. The van der Waals surface area contributed by atoms with Gasteiger partial charge in [-0.1, -0.05) is 6.92 Å². The number of hydrogen-bond donors (Lipinski definition) is 2. The van der Waals surface area contributed by atoms with E-state index >= 15 is 0 Å². The van der Waals surface area contributed by atoms with E-state index in [-0.39, 0.29) is 5.91 Å². The molecule has 0 atom stereocenters. The normalized spacial score (nSPS) is 9.63. The fourth-order valence-corrected chi connectivity index (χ4v) is 1.59. The maximum absolute atomic E-state index is 12.0. The summed E-state index contributed by atoms with van der Waals surface area (Å²) in [5.74, 6) is 0.805. The van der Waals surface area contributed by atoms with E-state index in [4.69, 9.17) is 21.7 Å².